The van der Waals surface area contributed by atoms with Gasteiger partial charge in [0.25, 0.3) is 0 Å². The maximum Gasteiger partial charge on any atom is 0.191 e. The van der Waals surface area contributed by atoms with Crippen molar-refractivity contribution < 1.29 is 5.11 Å². The summed E-state index contributed by atoms with van der Waals surface area (Å²) in [5, 5.41) is 18.9. The molecule has 0 spiro atoms. The summed E-state index contributed by atoms with van der Waals surface area (Å²) in [7, 11) is 0. The second-order valence-electron chi connectivity index (χ2n) is 5.17. The molecule has 7 heteroatoms. The van der Waals surface area contributed by atoms with E-state index in [4.69, 9.17) is 0 Å². The van der Waals surface area contributed by atoms with Crippen molar-refractivity contribution in [2.75, 3.05) is 19.6 Å². The van der Waals surface area contributed by atoms with Crippen LogP contribution in [0.5, 0.6) is 0 Å². The van der Waals surface area contributed by atoms with Crippen molar-refractivity contribution in [3.05, 3.63) is 41.1 Å². The molecule has 120 valence electrons. The molecule has 0 aliphatic carbocycles. The molecule has 0 aromatic carbocycles. The number of hydrogen-bond donors (Lipinski definition) is 3. The third-order valence-electron chi connectivity index (χ3n) is 3.16. The molecule has 1 atom stereocenters. The van der Waals surface area contributed by atoms with Crippen LogP contribution in [-0.4, -0.2) is 40.3 Å². The van der Waals surface area contributed by atoms with Crippen LogP contribution in [-0.2, 0) is 12.1 Å². The summed E-state index contributed by atoms with van der Waals surface area (Å²) in [6, 6.07) is 3.87. The van der Waals surface area contributed by atoms with Gasteiger partial charge in [-0.15, -0.1) is 11.3 Å². The maximum absolute atomic E-state index is 10.5. The number of imidazole rings is 1. The lowest BCUT2D eigenvalue weighted by Gasteiger charge is -2.20. The number of aliphatic imine (C=N–C) groups is 1. The highest BCUT2D eigenvalue weighted by atomic mass is 32.1. The molecule has 3 N–H and O–H groups in total. The number of guanidine groups is 1. The zero-order valence-corrected chi connectivity index (χ0v) is 13.8. The van der Waals surface area contributed by atoms with E-state index in [1.165, 1.54) is 0 Å². The van der Waals surface area contributed by atoms with E-state index >= 15 is 0 Å². The Balaban J connectivity index is 1.89. The minimum Gasteiger partial charge on any atom is -0.383 e. The predicted molar refractivity (Wildman–Crippen MR) is 90.1 cm³/mol. The summed E-state index contributed by atoms with van der Waals surface area (Å²) >= 11 is 1.54. The van der Waals surface area contributed by atoms with E-state index in [-0.39, 0.29) is 0 Å². The highest BCUT2D eigenvalue weighted by molar-refractivity contribution is 7.10. The van der Waals surface area contributed by atoms with Crippen LogP contribution in [0, 0.1) is 0 Å². The van der Waals surface area contributed by atoms with Crippen LogP contribution in [0.15, 0.2) is 41.2 Å². The van der Waals surface area contributed by atoms with Crippen LogP contribution in [0.25, 0.3) is 0 Å². The first-order chi connectivity index (χ1) is 10.6. The molecular weight excluding hydrogens is 298 g/mol. The molecule has 2 aromatic heterocycles. The summed E-state index contributed by atoms with van der Waals surface area (Å²) in [5.41, 5.74) is -0.944. The minimum absolute atomic E-state index is 0.313. The van der Waals surface area contributed by atoms with Crippen LogP contribution in [0.3, 0.4) is 0 Å². The molecule has 0 saturated heterocycles. The van der Waals surface area contributed by atoms with Crippen molar-refractivity contribution in [3.63, 3.8) is 0 Å². The van der Waals surface area contributed by atoms with E-state index in [9.17, 15) is 5.11 Å². The van der Waals surface area contributed by atoms with Gasteiger partial charge in [0.15, 0.2) is 5.96 Å². The molecule has 0 aliphatic heterocycles. The van der Waals surface area contributed by atoms with Crippen molar-refractivity contribution >= 4 is 17.3 Å². The van der Waals surface area contributed by atoms with Gasteiger partial charge in [0.1, 0.15) is 5.60 Å². The number of nitrogens with zero attached hydrogens (tertiary/aromatic N) is 3. The average molecular weight is 321 g/mol. The van der Waals surface area contributed by atoms with E-state index < -0.39 is 5.60 Å². The Labute approximate surface area is 134 Å². The number of nitrogens with one attached hydrogen (secondary N) is 2. The van der Waals surface area contributed by atoms with Crippen LogP contribution in [0.2, 0.25) is 0 Å². The third kappa shape index (κ3) is 4.85. The fourth-order valence-corrected chi connectivity index (χ4v) is 2.74. The zero-order chi connectivity index (χ0) is 15.8. The highest BCUT2D eigenvalue weighted by Gasteiger charge is 2.23. The Bertz CT molecular complexity index is 563. The van der Waals surface area contributed by atoms with Crippen LogP contribution in [0.1, 0.15) is 18.7 Å². The molecule has 0 bridgehead atoms. The summed E-state index contributed by atoms with van der Waals surface area (Å²) in [6.45, 7) is 6.45. The summed E-state index contributed by atoms with van der Waals surface area (Å²) in [6.07, 6.45) is 5.47. The van der Waals surface area contributed by atoms with Gasteiger partial charge in [0, 0.05) is 36.9 Å². The van der Waals surface area contributed by atoms with Crippen molar-refractivity contribution in [1.82, 2.24) is 20.2 Å². The van der Waals surface area contributed by atoms with Crippen molar-refractivity contribution in [2.24, 2.45) is 4.99 Å². The van der Waals surface area contributed by atoms with Gasteiger partial charge in [-0.3, -0.25) is 0 Å². The molecule has 2 heterocycles. The molecule has 0 aliphatic rings. The van der Waals surface area contributed by atoms with Gasteiger partial charge in [-0.2, -0.15) is 0 Å². The fraction of sp³-hybridized carbons (Fsp3) is 0.467. The first kappa shape index (κ1) is 16.5. The second kappa shape index (κ2) is 7.95. The summed E-state index contributed by atoms with van der Waals surface area (Å²) in [5.74, 6) is 0.708. The van der Waals surface area contributed by atoms with E-state index in [0.29, 0.717) is 12.5 Å². The van der Waals surface area contributed by atoms with Crippen LogP contribution < -0.4 is 10.6 Å². The molecule has 1 unspecified atom stereocenters. The van der Waals surface area contributed by atoms with Gasteiger partial charge in [-0.05, 0) is 25.3 Å². The predicted octanol–water partition coefficient (Wildman–Crippen LogP) is 1.41. The number of rotatable bonds is 7. The van der Waals surface area contributed by atoms with Gasteiger partial charge < -0.3 is 20.3 Å². The van der Waals surface area contributed by atoms with Crippen molar-refractivity contribution in [1.29, 1.82) is 0 Å². The van der Waals surface area contributed by atoms with Crippen molar-refractivity contribution in [2.45, 2.75) is 26.0 Å². The fourth-order valence-electron chi connectivity index (χ4n) is 1.96. The first-order valence-electron chi connectivity index (χ1n) is 7.36. The Morgan fingerprint density at radius 2 is 2.36 bits per heavy atom. The Kier molecular flexibility index (Phi) is 5.97. The third-order valence-corrected chi connectivity index (χ3v) is 4.29. The monoisotopic (exact) mass is 321 g/mol. The molecular formula is C15H23N5OS. The van der Waals surface area contributed by atoms with Gasteiger partial charge in [0.2, 0.25) is 0 Å². The van der Waals surface area contributed by atoms with Crippen LogP contribution in [0.4, 0.5) is 0 Å². The average Bonchev–Trinajstić information content (AvgIpc) is 3.18. The Morgan fingerprint density at radius 1 is 1.50 bits per heavy atom. The molecule has 2 rings (SSSR count). The van der Waals surface area contributed by atoms with Gasteiger partial charge in [-0.1, -0.05) is 6.07 Å². The SMILES string of the molecule is CCNC(=NCC(C)(O)c1cccs1)NCCn1ccnc1. The molecule has 0 fully saturated rings. The normalized spacial score (nSPS) is 14.6. The van der Waals surface area contributed by atoms with Gasteiger partial charge >= 0.3 is 0 Å². The first-order valence-corrected chi connectivity index (χ1v) is 8.24. The van der Waals surface area contributed by atoms with Crippen molar-refractivity contribution in [3.8, 4) is 0 Å². The molecule has 0 saturated carbocycles. The Hall–Kier alpha value is -1.86. The molecule has 22 heavy (non-hydrogen) atoms. The highest BCUT2D eigenvalue weighted by Crippen LogP contribution is 2.25. The lowest BCUT2D eigenvalue weighted by atomic mass is 10.1. The lowest BCUT2D eigenvalue weighted by Crippen LogP contribution is -2.40. The Morgan fingerprint density at radius 3 is 3.00 bits per heavy atom. The number of aromatic nitrogens is 2. The van der Waals surface area contributed by atoms with E-state index in [0.717, 1.165) is 24.5 Å². The second-order valence-corrected chi connectivity index (χ2v) is 6.12. The number of thiophene rings is 1. The maximum atomic E-state index is 10.5. The topological polar surface area (TPSA) is 74.5 Å². The quantitative estimate of drug-likeness (QED) is 0.532. The van der Waals surface area contributed by atoms with E-state index in [1.807, 2.05) is 35.2 Å². The smallest absolute Gasteiger partial charge is 0.191 e. The van der Waals surface area contributed by atoms with Crippen LogP contribution >= 0.6 is 11.3 Å². The zero-order valence-electron chi connectivity index (χ0n) is 13.0. The molecule has 0 radical (unpaired) electrons. The standard InChI is InChI=1S/C15H23N5OS/c1-3-17-14(18-7-9-20-8-6-16-12-20)19-11-15(2,21)13-5-4-10-22-13/h4-6,8,10,12,21H,3,7,9,11H2,1-2H3,(H2,17,18,19). The largest absolute Gasteiger partial charge is 0.383 e. The minimum atomic E-state index is -0.944. The van der Waals surface area contributed by atoms with E-state index in [1.54, 1.807) is 30.8 Å². The van der Waals surface area contributed by atoms with Gasteiger partial charge in [0.05, 0.1) is 12.9 Å². The van der Waals surface area contributed by atoms with E-state index in [2.05, 4.69) is 20.6 Å². The number of hydrogen-bond acceptors (Lipinski definition) is 4. The summed E-state index contributed by atoms with van der Waals surface area (Å²) < 4.78 is 2.00. The molecule has 6 nitrogen and oxygen atoms in total. The summed E-state index contributed by atoms with van der Waals surface area (Å²) in [4.78, 5) is 9.42. The molecule has 0 amide bonds. The number of aliphatic hydroxyl groups is 1. The molecule has 2 aromatic rings. The van der Waals surface area contributed by atoms with Gasteiger partial charge in [-0.25, -0.2) is 9.98 Å². The lowest BCUT2D eigenvalue weighted by molar-refractivity contribution is 0.0711.